The Balaban J connectivity index is 1.83. The zero-order valence-corrected chi connectivity index (χ0v) is 12.2. The SMILES string of the molecule is CCNC(=NCCc1nc(C)c(C)s1)NC1CC1. The van der Waals surface area contributed by atoms with Gasteiger partial charge in [0.2, 0.25) is 0 Å². The number of aliphatic imine (C=N–C) groups is 1. The number of guanidine groups is 1. The normalized spacial score (nSPS) is 15.8. The minimum atomic E-state index is 0.646. The largest absolute Gasteiger partial charge is 0.357 e. The van der Waals surface area contributed by atoms with E-state index in [-0.39, 0.29) is 0 Å². The number of nitrogens with zero attached hydrogens (tertiary/aromatic N) is 2. The van der Waals surface area contributed by atoms with E-state index in [0.29, 0.717) is 6.04 Å². The van der Waals surface area contributed by atoms with Crippen LogP contribution >= 0.6 is 11.3 Å². The lowest BCUT2D eigenvalue weighted by molar-refractivity contribution is 0.807. The molecular formula is C13H22N4S. The summed E-state index contributed by atoms with van der Waals surface area (Å²) in [6.07, 6.45) is 3.48. The molecule has 1 aliphatic carbocycles. The fraction of sp³-hybridized carbons (Fsp3) is 0.692. The maximum Gasteiger partial charge on any atom is 0.191 e. The van der Waals surface area contributed by atoms with Gasteiger partial charge in [0.15, 0.2) is 5.96 Å². The second-order valence-electron chi connectivity index (χ2n) is 4.68. The number of nitrogens with one attached hydrogen (secondary N) is 2. The highest BCUT2D eigenvalue weighted by atomic mass is 32.1. The third-order valence-electron chi connectivity index (χ3n) is 2.93. The van der Waals surface area contributed by atoms with Crippen LogP contribution in [0.3, 0.4) is 0 Å². The van der Waals surface area contributed by atoms with Crippen molar-refractivity contribution in [1.82, 2.24) is 15.6 Å². The van der Waals surface area contributed by atoms with Crippen molar-refractivity contribution in [2.45, 2.75) is 46.1 Å². The van der Waals surface area contributed by atoms with Crippen LogP contribution in [0.4, 0.5) is 0 Å². The average Bonchev–Trinajstić information content (AvgIpc) is 3.07. The first kappa shape index (κ1) is 13.3. The molecule has 100 valence electrons. The lowest BCUT2D eigenvalue weighted by Crippen LogP contribution is -2.38. The van der Waals surface area contributed by atoms with E-state index in [1.165, 1.54) is 22.7 Å². The van der Waals surface area contributed by atoms with Gasteiger partial charge in [-0.15, -0.1) is 11.3 Å². The molecule has 0 radical (unpaired) electrons. The van der Waals surface area contributed by atoms with Gasteiger partial charge in [-0.05, 0) is 33.6 Å². The van der Waals surface area contributed by atoms with Gasteiger partial charge >= 0.3 is 0 Å². The van der Waals surface area contributed by atoms with Crippen molar-refractivity contribution < 1.29 is 0 Å². The van der Waals surface area contributed by atoms with Crippen LogP contribution in [0.5, 0.6) is 0 Å². The van der Waals surface area contributed by atoms with Gasteiger partial charge in [0, 0.05) is 30.4 Å². The lowest BCUT2D eigenvalue weighted by Gasteiger charge is -2.09. The Morgan fingerprint density at radius 2 is 2.22 bits per heavy atom. The van der Waals surface area contributed by atoms with Crippen molar-refractivity contribution in [3.05, 3.63) is 15.6 Å². The molecule has 1 aliphatic rings. The standard InChI is InChI=1S/C13H22N4S/c1-4-14-13(17-11-5-6-11)15-8-7-12-16-9(2)10(3)18-12/h11H,4-8H2,1-3H3,(H2,14,15,17). The zero-order chi connectivity index (χ0) is 13.0. The molecule has 2 rings (SSSR count). The molecule has 1 saturated carbocycles. The molecule has 4 nitrogen and oxygen atoms in total. The van der Waals surface area contributed by atoms with Crippen molar-refractivity contribution in [3.8, 4) is 0 Å². The van der Waals surface area contributed by atoms with E-state index in [4.69, 9.17) is 0 Å². The summed E-state index contributed by atoms with van der Waals surface area (Å²) in [6, 6.07) is 0.646. The summed E-state index contributed by atoms with van der Waals surface area (Å²) in [5, 5.41) is 7.89. The molecule has 0 amide bonds. The van der Waals surface area contributed by atoms with E-state index in [0.717, 1.165) is 31.2 Å². The van der Waals surface area contributed by atoms with Gasteiger partial charge in [0.1, 0.15) is 0 Å². The molecule has 0 aromatic carbocycles. The summed E-state index contributed by atoms with van der Waals surface area (Å²) in [4.78, 5) is 10.4. The zero-order valence-electron chi connectivity index (χ0n) is 11.4. The Morgan fingerprint density at radius 1 is 1.44 bits per heavy atom. The summed E-state index contributed by atoms with van der Waals surface area (Å²) in [7, 11) is 0. The van der Waals surface area contributed by atoms with Crippen molar-refractivity contribution in [1.29, 1.82) is 0 Å². The molecule has 0 aliphatic heterocycles. The van der Waals surface area contributed by atoms with Gasteiger partial charge in [-0.25, -0.2) is 4.98 Å². The minimum absolute atomic E-state index is 0.646. The molecule has 1 aromatic rings. The van der Waals surface area contributed by atoms with Gasteiger partial charge in [-0.1, -0.05) is 0 Å². The monoisotopic (exact) mass is 266 g/mol. The number of hydrogen-bond acceptors (Lipinski definition) is 3. The quantitative estimate of drug-likeness (QED) is 0.633. The highest BCUT2D eigenvalue weighted by molar-refractivity contribution is 7.11. The van der Waals surface area contributed by atoms with Gasteiger partial charge in [-0.2, -0.15) is 0 Å². The molecule has 0 unspecified atom stereocenters. The maximum absolute atomic E-state index is 4.59. The van der Waals surface area contributed by atoms with Crippen molar-refractivity contribution in [2.75, 3.05) is 13.1 Å². The van der Waals surface area contributed by atoms with Crippen LogP contribution < -0.4 is 10.6 Å². The highest BCUT2D eigenvalue weighted by Gasteiger charge is 2.21. The topological polar surface area (TPSA) is 49.3 Å². The Kier molecular flexibility index (Phi) is 4.58. The fourth-order valence-corrected chi connectivity index (χ4v) is 2.57. The highest BCUT2D eigenvalue weighted by Crippen LogP contribution is 2.18. The molecule has 2 N–H and O–H groups in total. The van der Waals surface area contributed by atoms with Crippen molar-refractivity contribution >= 4 is 17.3 Å². The van der Waals surface area contributed by atoms with E-state index in [1.807, 2.05) is 0 Å². The summed E-state index contributed by atoms with van der Waals surface area (Å²) >= 11 is 1.78. The summed E-state index contributed by atoms with van der Waals surface area (Å²) in [6.45, 7) is 8.00. The van der Waals surface area contributed by atoms with E-state index in [9.17, 15) is 0 Å². The first-order valence-corrected chi connectivity index (χ1v) is 7.48. The van der Waals surface area contributed by atoms with Crippen LogP contribution in [0, 0.1) is 13.8 Å². The third-order valence-corrected chi connectivity index (χ3v) is 4.06. The second-order valence-corrected chi connectivity index (χ2v) is 5.97. The molecule has 1 aromatic heterocycles. The molecule has 18 heavy (non-hydrogen) atoms. The van der Waals surface area contributed by atoms with Crippen LogP contribution in [-0.4, -0.2) is 30.1 Å². The van der Waals surface area contributed by atoms with Crippen molar-refractivity contribution in [3.63, 3.8) is 0 Å². The van der Waals surface area contributed by atoms with E-state index >= 15 is 0 Å². The summed E-state index contributed by atoms with van der Waals surface area (Å²) in [5.41, 5.74) is 1.15. The van der Waals surface area contributed by atoms with Crippen LogP contribution in [0.25, 0.3) is 0 Å². The van der Waals surface area contributed by atoms with E-state index in [2.05, 4.69) is 41.4 Å². The molecule has 1 fully saturated rings. The summed E-state index contributed by atoms with van der Waals surface area (Å²) < 4.78 is 0. The van der Waals surface area contributed by atoms with E-state index in [1.54, 1.807) is 11.3 Å². The fourth-order valence-electron chi connectivity index (χ4n) is 1.65. The Bertz CT molecular complexity index is 401. The number of aryl methyl sites for hydroxylation is 2. The molecule has 0 bridgehead atoms. The van der Waals surface area contributed by atoms with Gasteiger partial charge in [0.25, 0.3) is 0 Å². The minimum Gasteiger partial charge on any atom is -0.357 e. The van der Waals surface area contributed by atoms with Crippen LogP contribution in [0.2, 0.25) is 0 Å². The first-order valence-electron chi connectivity index (χ1n) is 6.66. The number of hydrogen-bond donors (Lipinski definition) is 2. The molecule has 0 atom stereocenters. The second kappa shape index (κ2) is 6.18. The Hall–Kier alpha value is -1.10. The average molecular weight is 266 g/mol. The number of thiazole rings is 1. The summed E-state index contributed by atoms with van der Waals surface area (Å²) in [5.74, 6) is 0.949. The van der Waals surface area contributed by atoms with Gasteiger partial charge < -0.3 is 10.6 Å². The predicted molar refractivity (Wildman–Crippen MR) is 77.4 cm³/mol. The molecule has 5 heteroatoms. The lowest BCUT2D eigenvalue weighted by atomic mass is 10.4. The molecule has 0 saturated heterocycles. The third kappa shape index (κ3) is 3.98. The molecule has 1 heterocycles. The predicted octanol–water partition coefficient (Wildman–Crippen LogP) is 2.02. The maximum atomic E-state index is 4.59. The smallest absolute Gasteiger partial charge is 0.191 e. The number of aromatic nitrogens is 1. The van der Waals surface area contributed by atoms with Crippen LogP contribution in [0.1, 0.15) is 35.3 Å². The Labute approximate surface area is 113 Å². The van der Waals surface area contributed by atoms with Gasteiger partial charge in [-0.3, -0.25) is 4.99 Å². The molecular weight excluding hydrogens is 244 g/mol. The Morgan fingerprint density at radius 3 is 2.78 bits per heavy atom. The van der Waals surface area contributed by atoms with Crippen LogP contribution in [-0.2, 0) is 6.42 Å². The van der Waals surface area contributed by atoms with Crippen LogP contribution in [0.15, 0.2) is 4.99 Å². The molecule has 0 spiro atoms. The number of rotatable bonds is 5. The van der Waals surface area contributed by atoms with E-state index < -0.39 is 0 Å². The van der Waals surface area contributed by atoms with Crippen molar-refractivity contribution in [2.24, 2.45) is 4.99 Å². The first-order chi connectivity index (χ1) is 8.69. The van der Waals surface area contributed by atoms with Gasteiger partial charge in [0.05, 0.1) is 10.7 Å².